The summed E-state index contributed by atoms with van der Waals surface area (Å²) in [5, 5.41) is 9.09. The van der Waals surface area contributed by atoms with Gasteiger partial charge < -0.3 is 14.7 Å². The van der Waals surface area contributed by atoms with Gasteiger partial charge >= 0.3 is 5.97 Å². The predicted octanol–water partition coefficient (Wildman–Crippen LogP) is 2.29. The zero-order valence-corrected chi connectivity index (χ0v) is 11.6. The predicted molar refractivity (Wildman–Crippen MR) is 71.8 cm³/mol. The number of hydrogen-bond acceptors (Lipinski definition) is 3. The number of carbonyl (C=O) groups excluding carboxylic acids is 1. The highest BCUT2D eigenvalue weighted by molar-refractivity contribution is 6.31. The second-order valence-corrected chi connectivity index (χ2v) is 4.48. The topological polar surface area (TPSA) is 66.8 Å². The van der Waals surface area contributed by atoms with Crippen LogP contribution >= 0.6 is 11.6 Å². The van der Waals surface area contributed by atoms with E-state index in [1.807, 2.05) is 6.92 Å². The molecule has 0 atom stereocenters. The summed E-state index contributed by atoms with van der Waals surface area (Å²) in [4.78, 5) is 23.9. The Balaban J connectivity index is 2.99. The number of amides is 1. The first-order valence-electron chi connectivity index (χ1n) is 5.85. The molecule has 0 aliphatic rings. The molecule has 0 unspecified atom stereocenters. The van der Waals surface area contributed by atoms with Crippen LogP contribution in [0.3, 0.4) is 0 Å². The lowest BCUT2D eigenvalue weighted by molar-refractivity contribution is -0.137. The summed E-state index contributed by atoms with van der Waals surface area (Å²) >= 11 is 5.86. The highest BCUT2D eigenvalue weighted by atomic mass is 35.5. The maximum atomic E-state index is 12.1. The minimum atomic E-state index is -1.08. The van der Waals surface area contributed by atoms with Gasteiger partial charge in [-0.15, -0.1) is 0 Å². The molecule has 0 spiro atoms. The van der Waals surface area contributed by atoms with E-state index in [1.165, 1.54) is 13.1 Å². The van der Waals surface area contributed by atoms with E-state index in [9.17, 15) is 9.59 Å². The van der Waals surface area contributed by atoms with Crippen molar-refractivity contribution in [1.82, 2.24) is 4.90 Å². The summed E-state index contributed by atoms with van der Waals surface area (Å²) in [5.74, 6) is -1.10. The molecule has 104 valence electrons. The summed E-state index contributed by atoms with van der Waals surface area (Å²) in [6, 6.07) is 4.72. The first-order chi connectivity index (χ1) is 8.95. The van der Waals surface area contributed by atoms with Crippen LogP contribution in [0.4, 0.5) is 0 Å². The first-order valence-corrected chi connectivity index (χ1v) is 6.23. The zero-order valence-electron chi connectivity index (χ0n) is 10.9. The molecule has 5 nitrogen and oxygen atoms in total. The second-order valence-electron chi connectivity index (χ2n) is 4.04. The SMILES string of the molecule is CCCOc1ccc(Cl)cc1C(=O)N(C)CC(=O)O. The smallest absolute Gasteiger partial charge is 0.323 e. The van der Waals surface area contributed by atoms with E-state index in [0.29, 0.717) is 17.4 Å². The molecule has 0 fully saturated rings. The lowest BCUT2D eigenvalue weighted by atomic mass is 10.1. The van der Waals surface area contributed by atoms with E-state index in [2.05, 4.69) is 0 Å². The summed E-state index contributed by atoms with van der Waals surface area (Å²) in [6.45, 7) is 2.05. The molecule has 1 amide bonds. The van der Waals surface area contributed by atoms with Crippen LogP contribution in [0.25, 0.3) is 0 Å². The molecule has 1 aromatic carbocycles. The largest absolute Gasteiger partial charge is 0.493 e. The third-order valence-corrected chi connectivity index (χ3v) is 2.59. The number of aliphatic carboxylic acids is 1. The van der Waals surface area contributed by atoms with Crippen molar-refractivity contribution in [2.45, 2.75) is 13.3 Å². The van der Waals surface area contributed by atoms with E-state index in [0.717, 1.165) is 11.3 Å². The maximum Gasteiger partial charge on any atom is 0.323 e. The molecule has 0 bridgehead atoms. The normalized spacial score (nSPS) is 10.1. The molecular weight excluding hydrogens is 270 g/mol. The average molecular weight is 286 g/mol. The van der Waals surface area contributed by atoms with Crippen LogP contribution in [0, 0.1) is 0 Å². The Hall–Kier alpha value is -1.75. The highest BCUT2D eigenvalue weighted by Crippen LogP contribution is 2.24. The minimum Gasteiger partial charge on any atom is -0.493 e. The fraction of sp³-hybridized carbons (Fsp3) is 0.385. The van der Waals surface area contributed by atoms with Gasteiger partial charge in [0.05, 0.1) is 12.2 Å². The van der Waals surface area contributed by atoms with Crippen LogP contribution in [0.2, 0.25) is 5.02 Å². The molecular formula is C13H16ClNO4. The van der Waals surface area contributed by atoms with E-state index in [-0.39, 0.29) is 12.1 Å². The highest BCUT2D eigenvalue weighted by Gasteiger charge is 2.19. The molecule has 1 rings (SSSR count). The van der Waals surface area contributed by atoms with Gasteiger partial charge in [-0.3, -0.25) is 9.59 Å². The first kappa shape index (κ1) is 15.3. The zero-order chi connectivity index (χ0) is 14.4. The number of benzene rings is 1. The number of rotatable bonds is 6. The standard InChI is InChI=1S/C13H16ClNO4/c1-3-6-19-11-5-4-9(14)7-10(11)13(18)15(2)8-12(16)17/h4-5,7H,3,6,8H2,1-2H3,(H,16,17). The van der Waals surface area contributed by atoms with Crippen molar-refractivity contribution in [3.05, 3.63) is 28.8 Å². The average Bonchev–Trinajstić information content (AvgIpc) is 2.35. The molecule has 1 N–H and O–H groups in total. The summed E-state index contributed by atoms with van der Waals surface area (Å²) < 4.78 is 5.46. The number of nitrogens with zero attached hydrogens (tertiary/aromatic N) is 1. The summed E-state index contributed by atoms with van der Waals surface area (Å²) in [7, 11) is 1.42. The maximum absolute atomic E-state index is 12.1. The van der Waals surface area contributed by atoms with Crippen molar-refractivity contribution in [1.29, 1.82) is 0 Å². The number of ether oxygens (including phenoxy) is 1. The van der Waals surface area contributed by atoms with E-state index >= 15 is 0 Å². The lowest BCUT2D eigenvalue weighted by Crippen LogP contribution is -2.32. The number of likely N-dealkylation sites (N-methyl/N-ethyl adjacent to an activating group) is 1. The number of halogens is 1. The minimum absolute atomic E-state index is 0.268. The van der Waals surface area contributed by atoms with Crippen LogP contribution in [-0.4, -0.2) is 42.1 Å². The summed E-state index contributed by atoms with van der Waals surface area (Å²) in [5.41, 5.74) is 0.268. The molecule has 6 heteroatoms. The number of carbonyl (C=O) groups is 2. The molecule has 0 aliphatic heterocycles. The third kappa shape index (κ3) is 4.44. The molecule has 19 heavy (non-hydrogen) atoms. The fourth-order valence-electron chi connectivity index (χ4n) is 1.49. The molecule has 0 saturated carbocycles. The van der Waals surface area contributed by atoms with Gasteiger partial charge in [-0.05, 0) is 24.6 Å². The van der Waals surface area contributed by atoms with Crippen LogP contribution in [-0.2, 0) is 4.79 Å². The van der Waals surface area contributed by atoms with E-state index in [4.69, 9.17) is 21.4 Å². The number of carboxylic acids is 1. The Labute approximate surface area is 116 Å². The summed E-state index contributed by atoms with van der Waals surface area (Å²) in [6.07, 6.45) is 0.807. The van der Waals surface area contributed by atoms with Crippen molar-refractivity contribution in [2.75, 3.05) is 20.2 Å². The van der Waals surface area contributed by atoms with Gasteiger partial charge in [0, 0.05) is 12.1 Å². The molecule has 1 aromatic rings. The third-order valence-electron chi connectivity index (χ3n) is 2.35. The van der Waals surface area contributed by atoms with Crippen LogP contribution in [0.15, 0.2) is 18.2 Å². The second kappa shape index (κ2) is 6.99. The van der Waals surface area contributed by atoms with Gasteiger partial charge in [0.15, 0.2) is 0 Å². The fourth-order valence-corrected chi connectivity index (χ4v) is 1.66. The van der Waals surface area contributed by atoms with Crippen LogP contribution in [0.5, 0.6) is 5.75 Å². The Bertz CT molecular complexity index is 476. The number of carboxylic acid groups (broad SMARTS) is 1. The Morgan fingerprint density at radius 2 is 2.11 bits per heavy atom. The van der Waals surface area contributed by atoms with Crippen molar-refractivity contribution < 1.29 is 19.4 Å². The molecule has 0 saturated heterocycles. The van der Waals surface area contributed by atoms with Crippen LogP contribution in [0.1, 0.15) is 23.7 Å². The van der Waals surface area contributed by atoms with Crippen molar-refractivity contribution in [2.24, 2.45) is 0 Å². The van der Waals surface area contributed by atoms with Gasteiger partial charge in [0.1, 0.15) is 12.3 Å². The molecule has 0 heterocycles. The van der Waals surface area contributed by atoms with Gasteiger partial charge in [0.25, 0.3) is 5.91 Å². The molecule has 0 aromatic heterocycles. The van der Waals surface area contributed by atoms with Crippen molar-refractivity contribution in [3.8, 4) is 5.75 Å². The Kier molecular flexibility index (Phi) is 5.63. The number of hydrogen-bond donors (Lipinski definition) is 1. The van der Waals surface area contributed by atoms with Crippen molar-refractivity contribution in [3.63, 3.8) is 0 Å². The lowest BCUT2D eigenvalue weighted by Gasteiger charge is -2.17. The van der Waals surface area contributed by atoms with Crippen LogP contribution < -0.4 is 4.74 Å². The Morgan fingerprint density at radius 1 is 1.42 bits per heavy atom. The van der Waals surface area contributed by atoms with Crippen molar-refractivity contribution >= 4 is 23.5 Å². The van der Waals surface area contributed by atoms with Gasteiger partial charge in [-0.25, -0.2) is 0 Å². The Morgan fingerprint density at radius 3 is 2.68 bits per heavy atom. The quantitative estimate of drug-likeness (QED) is 0.871. The molecule has 0 radical (unpaired) electrons. The molecule has 0 aliphatic carbocycles. The van der Waals surface area contributed by atoms with E-state index < -0.39 is 11.9 Å². The monoisotopic (exact) mass is 285 g/mol. The van der Waals surface area contributed by atoms with Gasteiger partial charge in [0.2, 0.25) is 0 Å². The van der Waals surface area contributed by atoms with E-state index in [1.54, 1.807) is 12.1 Å². The van der Waals surface area contributed by atoms with Gasteiger partial charge in [-0.2, -0.15) is 0 Å². The van der Waals surface area contributed by atoms with Gasteiger partial charge in [-0.1, -0.05) is 18.5 Å².